The van der Waals surface area contributed by atoms with Crippen LogP contribution in [0.1, 0.15) is 19.8 Å². The minimum Gasteiger partial charge on any atom is -0.371 e. The Morgan fingerprint density at radius 3 is 2.47 bits per heavy atom. The summed E-state index contributed by atoms with van der Waals surface area (Å²) in [5.74, 6) is 0. The fourth-order valence-corrected chi connectivity index (χ4v) is 1.42. The molecule has 1 rings (SSSR count). The Bertz CT molecular complexity index is 198. The first-order chi connectivity index (χ1) is 6.93. The van der Waals surface area contributed by atoms with Gasteiger partial charge in [0.15, 0.2) is 6.10 Å². The van der Waals surface area contributed by atoms with Gasteiger partial charge in [-0.15, -0.1) is 0 Å². The molecule has 0 aromatic rings. The summed E-state index contributed by atoms with van der Waals surface area (Å²) in [5.41, 5.74) is 5.38. The summed E-state index contributed by atoms with van der Waals surface area (Å²) in [6, 6.07) is 0. The SMILES string of the molecule is CC(OCC1CCC(CN)O1)C(F)(F)F. The molecule has 1 aliphatic heterocycles. The highest BCUT2D eigenvalue weighted by atomic mass is 19.4. The molecule has 0 spiro atoms. The molecule has 3 atom stereocenters. The zero-order chi connectivity index (χ0) is 11.5. The van der Waals surface area contributed by atoms with Crippen molar-refractivity contribution in [1.82, 2.24) is 0 Å². The van der Waals surface area contributed by atoms with Crippen LogP contribution < -0.4 is 5.73 Å². The molecule has 6 heteroatoms. The van der Waals surface area contributed by atoms with E-state index in [0.717, 1.165) is 13.3 Å². The van der Waals surface area contributed by atoms with Gasteiger partial charge in [0.2, 0.25) is 0 Å². The lowest BCUT2D eigenvalue weighted by Gasteiger charge is -2.19. The third kappa shape index (κ3) is 3.96. The molecular weight excluding hydrogens is 211 g/mol. The van der Waals surface area contributed by atoms with E-state index in [2.05, 4.69) is 0 Å². The second-order valence-electron chi connectivity index (χ2n) is 3.71. The fraction of sp³-hybridized carbons (Fsp3) is 1.00. The topological polar surface area (TPSA) is 44.5 Å². The van der Waals surface area contributed by atoms with E-state index in [4.69, 9.17) is 15.2 Å². The first-order valence-corrected chi connectivity index (χ1v) is 4.97. The largest absolute Gasteiger partial charge is 0.414 e. The number of hydrogen-bond acceptors (Lipinski definition) is 3. The average Bonchev–Trinajstić information content (AvgIpc) is 2.60. The fourth-order valence-electron chi connectivity index (χ4n) is 1.42. The van der Waals surface area contributed by atoms with Crippen molar-refractivity contribution >= 4 is 0 Å². The second kappa shape index (κ2) is 5.14. The van der Waals surface area contributed by atoms with E-state index in [1.165, 1.54) is 0 Å². The van der Waals surface area contributed by atoms with Gasteiger partial charge in [0, 0.05) is 6.54 Å². The van der Waals surface area contributed by atoms with Crippen molar-refractivity contribution in [3.05, 3.63) is 0 Å². The molecule has 0 aromatic heterocycles. The summed E-state index contributed by atoms with van der Waals surface area (Å²) in [6.45, 7) is 1.39. The number of alkyl halides is 3. The van der Waals surface area contributed by atoms with Crippen LogP contribution in [0.2, 0.25) is 0 Å². The Labute approximate surface area is 86.7 Å². The van der Waals surface area contributed by atoms with Gasteiger partial charge < -0.3 is 15.2 Å². The minimum absolute atomic E-state index is 0.0167. The van der Waals surface area contributed by atoms with Crippen LogP contribution in [0.15, 0.2) is 0 Å². The van der Waals surface area contributed by atoms with Gasteiger partial charge in [-0.05, 0) is 19.8 Å². The van der Waals surface area contributed by atoms with Gasteiger partial charge in [0.25, 0.3) is 0 Å². The van der Waals surface area contributed by atoms with Crippen molar-refractivity contribution < 1.29 is 22.6 Å². The number of hydrogen-bond donors (Lipinski definition) is 1. The zero-order valence-corrected chi connectivity index (χ0v) is 8.59. The standard InChI is InChI=1S/C9H16F3NO2/c1-6(9(10,11)12)14-5-8-3-2-7(4-13)15-8/h6-8H,2-5,13H2,1H3. The molecule has 3 nitrogen and oxygen atoms in total. The van der Waals surface area contributed by atoms with Crippen LogP contribution >= 0.6 is 0 Å². The lowest BCUT2D eigenvalue weighted by Crippen LogP contribution is -2.32. The van der Waals surface area contributed by atoms with Crippen molar-refractivity contribution in [2.45, 2.75) is 44.3 Å². The van der Waals surface area contributed by atoms with E-state index in [0.29, 0.717) is 13.0 Å². The molecule has 0 bridgehead atoms. The lowest BCUT2D eigenvalue weighted by atomic mass is 10.2. The van der Waals surface area contributed by atoms with Crippen LogP contribution in [0, 0.1) is 0 Å². The number of halogens is 3. The maximum Gasteiger partial charge on any atom is 0.414 e. The highest BCUT2D eigenvalue weighted by Gasteiger charge is 2.37. The van der Waals surface area contributed by atoms with E-state index < -0.39 is 12.3 Å². The van der Waals surface area contributed by atoms with Gasteiger partial charge in [-0.25, -0.2) is 0 Å². The zero-order valence-electron chi connectivity index (χ0n) is 8.59. The summed E-state index contributed by atoms with van der Waals surface area (Å²) >= 11 is 0. The first kappa shape index (κ1) is 12.7. The molecule has 1 aliphatic rings. The Hall–Kier alpha value is -0.330. The predicted molar refractivity (Wildman–Crippen MR) is 48.4 cm³/mol. The summed E-state index contributed by atoms with van der Waals surface area (Å²) in [4.78, 5) is 0. The van der Waals surface area contributed by atoms with E-state index in [-0.39, 0.29) is 18.8 Å². The van der Waals surface area contributed by atoms with Crippen molar-refractivity contribution in [2.75, 3.05) is 13.2 Å². The molecule has 2 N–H and O–H groups in total. The lowest BCUT2D eigenvalue weighted by molar-refractivity contribution is -0.220. The van der Waals surface area contributed by atoms with E-state index >= 15 is 0 Å². The summed E-state index contributed by atoms with van der Waals surface area (Å²) in [6.07, 6.45) is -4.80. The third-order valence-electron chi connectivity index (χ3n) is 2.45. The predicted octanol–water partition coefficient (Wildman–Crippen LogP) is 1.46. The summed E-state index contributed by atoms with van der Waals surface area (Å²) in [5, 5.41) is 0. The van der Waals surface area contributed by atoms with Gasteiger partial charge >= 0.3 is 6.18 Å². The van der Waals surface area contributed by atoms with Crippen LogP contribution in [0.5, 0.6) is 0 Å². The van der Waals surface area contributed by atoms with Crippen molar-refractivity contribution in [3.8, 4) is 0 Å². The van der Waals surface area contributed by atoms with Crippen molar-refractivity contribution in [3.63, 3.8) is 0 Å². The minimum atomic E-state index is -4.30. The molecule has 0 saturated carbocycles. The molecule has 90 valence electrons. The van der Waals surface area contributed by atoms with Crippen LogP contribution in [-0.4, -0.2) is 37.6 Å². The highest BCUT2D eigenvalue weighted by molar-refractivity contribution is 4.74. The quantitative estimate of drug-likeness (QED) is 0.790. The molecule has 1 saturated heterocycles. The van der Waals surface area contributed by atoms with E-state index in [1.807, 2.05) is 0 Å². The number of nitrogens with two attached hydrogens (primary N) is 1. The molecule has 0 aromatic carbocycles. The second-order valence-corrected chi connectivity index (χ2v) is 3.71. The van der Waals surface area contributed by atoms with E-state index in [9.17, 15) is 13.2 Å². The smallest absolute Gasteiger partial charge is 0.371 e. The molecule has 0 amide bonds. The Kier molecular flexibility index (Phi) is 4.36. The molecule has 0 radical (unpaired) electrons. The van der Waals surface area contributed by atoms with Crippen LogP contribution in [0.4, 0.5) is 13.2 Å². The molecule has 1 heterocycles. The molecule has 0 aliphatic carbocycles. The average molecular weight is 227 g/mol. The summed E-state index contributed by atoms with van der Waals surface area (Å²) < 4.78 is 46.3. The monoisotopic (exact) mass is 227 g/mol. The van der Waals surface area contributed by atoms with E-state index in [1.54, 1.807) is 0 Å². The molecule has 3 unspecified atom stereocenters. The molecule has 15 heavy (non-hydrogen) atoms. The van der Waals surface area contributed by atoms with Gasteiger partial charge in [-0.3, -0.25) is 0 Å². The van der Waals surface area contributed by atoms with Gasteiger partial charge in [-0.1, -0.05) is 0 Å². The number of ether oxygens (including phenoxy) is 2. The van der Waals surface area contributed by atoms with Crippen molar-refractivity contribution in [2.24, 2.45) is 5.73 Å². The maximum atomic E-state index is 12.1. The van der Waals surface area contributed by atoms with Crippen molar-refractivity contribution in [1.29, 1.82) is 0 Å². The van der Waals surface area contributed by atoms with Crippen LogP contribution in [0.25, 0.3) is 0 Å². The highest BCUT2D eigenvalue weighted by Crippen LogP contribution is 2.24. The normalized spacial score (nSPS) is 29.4. The molecular formula is C9H16F3NO2. The maximum absolute atomic E-state index is 12.1. The Balaban J connectivity index is 2.21. The molecule has 1 fully saturated rings. The van der Waals surface area contributed by atoms with Gasteiger partial charge in [-0.2, -0.15) is 13.2 Å². The number of rotatable bonds is 4. The van der Waals surface area contributed by atoms with Crippen LogP contribution in [0.3, 0.4) is 0 Å². The Morgan fingerprint density at radius 2 is 2.00 bits per heavy atom. The first-order valence-electron chi connectivity index (χ1n) is 4.97. The Morgan fingerprint density at radius 1 is 1.40 bits per heavy atom. The van der Waals surface area contributed by atoms with Crippen LogP contribution in [-0.2, 0) is 9.47 Å². The van der Waals surface area contributed by atoms with Gasteiger partial charge in [0.05, 0.1) is 18.8 Å². The summed E-state index contributed by atoms with van der Waals surface area (Å²) in [7, 11) is 0. The third-order valence-corrected chi connectivity index (χ3v) is 2.45. The van der Waals surface area contributed by atoms with Gasteiger partial charge in [0.1, 0.15) is 0 Å².